The molecule has 2 heterocycles. The van der Waals surface area contributed by atoms with Crippen molar-refractivity contribution >= 4 is 11.8 Å². The number of rotatable bonds is 9. The second-order valence-corrected chi connectivity index (χ2v) is 8.79. The van der Waals surface area contributed by atoms with Gasteiger partial charge >= 0.3 is 0 Å². The van der Waals surface area contributed by atoms with Crippen molar-refractivity contribution < 1.29 is 14.3 Å². The molecule has 1 aliphatic carbocycles. The second kappa shape index (κ2) is 9.98. The number of amides is 2. The van der Waals surface area contributed by atoms with Crippen molar-refractivity contribution in [1.29, 1.82) is 0 Å². The van der Waals surface area contributed by atoms with Crippen molar-refractivity contribution in [3.8, 4) is 5.75 Å². The lowest BCUT2D eigenvalue weighted by molar-refractivity contribution is -0.123. The van der Waals surface area contributed by atoms with Gasteiger partial charge in [-0.05, 0) is 73.4 Å². The van der Waals surface area contributed by atoms with Gasteiger partial charge in [-0.25, -0.2) is 0 Å². The molecule has 0 unspecified atom stereocenters. The Bertz CT molecular complexity index is 952. The van der Waals surface area contributed by atoms with Crippen LogP contribution in [0.5, 0.6) is 5.75 Å². The molecule has 0 radical (unpaired) electrons. The number of benzene rings is 1. The summed E-state index contributed by atoms with van der Waals surface area (Å²) < 4.78 is 5.55. The molecule has 2 amide bonds. The summed E-state index contributed by atoms with van der Waals surface area (Å²) in [7, 11) is 0. The lowest BCUT2D eigenvalue weighted by Crippen LogP contribution is -2.40. The fourth-order valence-corrected chi connectivity index (χ4v) is 4.66. The smallest absolute Gasteiger partial charge is 0.253 e. The van der Waals surface area contributed by atoms with Crippen LogP contribution in [-0.2, 0) is 11.2 Å². The van der Waals surface area contributed by atoms with E-state index in [0.717, 1.165) is 32.1 Å². The zero-order chi connectivity index (χ0) is 22.4. The predicted molar refractivity (Wildman–Crippen MR) is 123 cm³/mol. The SMILES string of the molecule is C=CCOc1cccc(C(=O)N2CCC3(CC2)C[C@@H]3C(=O)NCCCc2ccncc2)c1. The lowest BCUT2D eigenvalue weighted by Gasteiger charge is -2.33. The molecule has 1 N–H and O–H groups in total. The first kappa shape index (κ1) is 22.1. The zero-order valence-electron chi connectivity index (χ0n) is 18.5. The third kappa shape index (κ3) is 5.18. The molecule has 2 aliphatic rings. The van der Waals surface area contributed by atoms with Gasteiger partial charge in [0.1, 0.15) is 12.4 Å². The number of pyridine rings is 1. The normalized spacial score (nSPS) is 18.8. The molecular formula is C26H31N3O3. The van der Waals surface area contributed by atoms with E-state index in [1.54, 1.807) is 24.5 Å². The van der Waals surface area contributed by atoms with Crippen LogP contribution in [0.4, 0.5) is 0 Å². The van der Waals surface area contributed by atoms with Crippen molar-refractivity contribution in [2.45, 2.75) is 32.1 Å². The quantitative estimate of drug-likeness (QED) is 0.484. The second-order valence-electron chi connectivity index (χ2n) is 8.79. The molecule has 2 aromatic rings. The molecule has 1 aromatic carbocycles. The monoisotopic (exact) mass is 433 g/mol. The van der Waals surface area contributed by atoms with Crippen LogP contribution in [0.3, 0.4) is 0 Å². The van der Waals surface area contributed by atoms with Gasteiger partial charge < -0.3 is 15.0 Å². The summed E-state index contributed by atoms with van der Waals surface area (Å²) in [5.74, 6) is 0.969. The van der Waals surface area contributed by atoms with E-state index in [1.165, 1.54) is 5.56 Å². The van der Waals surface area contributed by atoms with E-state index in [9.17, 15) is 9.59 Å². The van der Waals surface area contributed by atoms with Gasteiger partial charge in [0.15, 0.2) is 0 Å². The summed E-state index contributed by atoms with van der Waals surface area (Å²) in [6.07, 6.45) is 9.86. The van der Waals surface area contributed by atoms with E-state index in [4.69, 9.17) is 4.74 Å². The summed E-state index contributed by atoms with van der Waals surface area (Å²) in [4.78, 5) is 31.5. The first-order valence-corrected chi connectivity index (χ1v) is 11.4. The summed E-state index contributed by atoms with van der Waals surface area (Å²) in [5.41, 5.74) is 1.97. The first-order chi connectivity index (χ1) is 15.6. The van der Waals surface area contributed by atoms with Crippen LogP contribution in [0.2, 0.25) is 0 Å². The molecule has 168 valence electrons. The Hall–Kier alpha value is -3.15. The number of nitrogens with zero attached hydrogens (tertiary/aromatic N) is 2. The molecule has 2 fully saturated rings. The molecule has 1 saturated heterocycles. The Morgan fingerprint density at radius 1 is 1.22 bits per heavy atom. The maximum Gasteiger partial charge on any atom is 0.253 e. The summed E-state index contributed by atoms with van der Waals surface area (Å²) >= 11 is 0. The minimum Gasteiger partial charge on any atom is -0.490 e. The summed E-state index contributed by atoms with van der Waals surface area (Å²) in [6, 6.07) is 11.3. The van der Waals surface area contributed by atoms with Crippen molar-refractivity contribution in [2.75, 3.05) is 26.2 Å². The van der Waals surface area contributed by atoms with E-state index < -0.39 is 0 Å². The van der Waals surface area contributed by atoms with Crippen LogP contribution in [0.15, 0.2) is 61.4 Å². The third-order valence-electron chi connectivity index (χ3n) is 6.69. The van der Waals surface area contributed by atoms with Crippen molar-refractivity contribution in [3.05, 3.63) is 72.6 Å². The standard InChI is InChI=1S/C26H31N3O3/c1-2-17-32-22-7-3-6-21(18-22)25(31)29-15-10-26(11-16-29)19-23(26)24(30)28-12-4-5-20-8-13-27-14-9-20/h2-3,6-9,13-14,18,23H,1,4-5,10-12,15-17,19H2,(H,28,30)/t23-/m1/s1. The zero-order valence-corrected chi connectivity index (χ0v) is 18.5. The number of nitrogens with one attached hydrogen (secondary N) is 1. The number of hydrogen-bond acceptors (Lipinski definition) is 4. The van der Waals surface area contributed by atoms with Crippen LogP contribution in [0, 0.1) is 11.3 Å². The molecular weight excluding hydrogens is 402 g/mol. The minimum atomic E-state index is 0.0293. The van der Waals surface area contributed by atoms with Gasteiger partial charge in [0.25, 0.3) is 5.91 Å². The maximum atomic E-state index is 12.9. The molecule has 1 aromatic heterocycles. The van der Waals surface area contributed by atoms with Gasteiger partial charge in [-0.2, -0.15) is 0 Å². The summed E-state index contributed by atoms with van der Waals surface area (Å²) in [6.45, 7) is 6.15. The molecule has 4 rings (SSSR count). The van der Waals surface area contributed by atoms with E-state index in [-0.39, 0.29) is 23.1 Å². The molecule has 1 atom stereocenters. The van der Waals surface area contributed by atoms with Crippen molar-refractivity contribution in [2.24, 2.45) is 11.3 Å². The van der Waals surface area contributed by atoms with Crippen LogP contribution >= 0.6 is 0 Å². The highest BCUT2D eigenvalue weighted by molar-refractivity contribution is 5.94. The molecule has 32 heavy (non-hydrogen) atoms. The van der Waals surface area contributed by atoms with Gasteiger partial charge in [-0.3, -0.25) is 14.6 Å². The maximum absolute atomic E-state index is 12.9. The largest absolute Gasteiger partial charge is 0.490 e. The highest BCUT2D eigenvalue weighted by Crippen LogP contribution is 2.59. The lowest BCUT2D eigenvalue weighted by atomic mass is 9.90. The third-order valence-corrected chi connectivity index (χ3v) is 6.69. The van der Waals surface area contributed by atoms with Crippen molar-refractivity contribution in [1.82, 2.24) is 15.2 Å². The number of ether oxygens (including phenoxy) is 1. The van der Waals surface area contributed by atoms with Gasteiger partial charge in [0.2, 0.25) is 5.91 Å². The van der Waals surface area contributed by atoms with E-state index in [1.807, 2.05) is 35.2 Å². The highest BCUT2D eigenvalue weighted by atomic mass is 16.5. The fraction of sp³-hybridized carbons (Fsp3) is 0.423. The van der Waals surface area contributed by atoms with Crippen molar-refractivity contribution in [3.63, 3.8) is 0 Å². The number of hydrogen-bond donors (Lipinski definition) is 1. The molecule has 6 nitrogen and oxygen atoms in total. The van der Waals surface area contributed by atoms with Gasteiger partial charge in [0.05, 0.1) is 0 Å². The summed E-state index contributed by atoms with van der Waals surface area (Å²) in [5, 5.41) is 3.11. The highest BCUT2D eigenvalue weighted by Gasteiger charge is 2.58. The van der Waals surface area contributed by atoms with Crippen LogP contribution in [0.25, 0.3) is 0 Å². The van der Waals surface area contributed by atoms with E-state index in [2.05, 4.69) is 16.9 Å². The van der Waals surface area contributed by atoms with Gasteiger partial charge in [-0.1, -0.05) is 18.7 Å². The van der Waals surface area contributed by atoms with Crippen LogP contribution < -0.4 is 10.1 Å². The topological polar surface area (TPSA) is 71.5 Å². The number of aryl methyl sites for hydroxylation is 1. The molecule has 1 aliphatic heterocycles. The predicted octanol–water partition coefficient (Wildman–Crippen LogP) is 3.64. The molecule has 0 bridgehead atoms. The number of carbonyl (C=O) groups is 2. The molecule has 1 spiro atoms. The minimum absolute atomic E-state index is 0.0293. The Balaban J connectivity index is 1.21. The Labute approximate surface area is 189 Å². The average molecular weight is 434 g/mol. The molecule has 6 heteroatoms. The Morgan fingerprint density at radius 3 is 2.75 bits per heavy atom. The van der Waals surface area contributed by atoms with Crippen LogP contribution in [0.1, 0.15) is 41.6 Å². The van der Waals surface area contributed by atoms with Gasteiger partial charge in [-0.15, -0.1) is 0 Å². The number of aromatic nitrogens is 1. The van der Waals surface area contributed by atoms with Crippen LogP contribution in [-0.4, -0.2) is 47.9 Å². The number of likely N-dealkylation sites (tertiary alicyclic amines) is 1. The Morgan fingerprint density at radius 2 is 2.00 bits per heavy atom. The molecule has 1 saturated carbocycles. The average Bonchev–Trinajstić information content (AvgIpc) is 3.54. The van der Waals surface area contributed by atoms with E-state index >= 15 is 0 Å². The number of piperidine rings is 1. The van der Waals surface area contributed by atoms with E-state index in [0.29, 0.717) is 37.6 Å². The number of carbonyl (C=O) groups excluding carboxylic acids is 2. The van der Waals surface area contributed by atoms with Gasteiger partial charge in [0, 0.05) is 43.5 Å². The first-order valence-electron chi connectivity index (χ1n) is 11.4. The fourth-order valence-electron chi connectivity index (χ4n) is 4.66. The Kier molecular flexibility index (Phi) is 6.88.